The van der Waals surface area contributed by atoms with Crippen LogP contribution in [0.5, 0.6) is 0 Å². The lowest BCUT2D eigenvalue weighted by Crippen LogP contribution is -2.36. The molecule has 1 rings (SSSR count). The normalized spacial score (nSPS) is 14.0. The van der Waals surface area contributed by atoms with Gasteiger partial charge < -0.3 is 10.4 Å². The predicted molar refractivity (Wildman–Crippen MR) is 79.7 cm³/mol. The molecule has 5 heteroatoms. The third-order valence-electron chi connectivity index (χ3n) is 2.58. The number of thioether (sulfide) groups is 1. The van der Waals surface area contributed by atoms with Crippen LogP contribution in [0.15, 0.2) is 28.7 Å². The number of hydrogen-bond donors (Lipinski definition) is 2. The van der Waals surface area contributed by atoms with Crippen LogP contribution in [0.3, 0.4) is 0 Å². The van der Waals surface area contributed by atoms with Crippen molar-refractivity contribution in [1.82, 2.24) is 5.32 Å². The number of carbonyl (C=O) groups is 1. The fraction of sp³-hybridized carbons (Fsp3) is 0.462. The van der Waals surface area contributed by atoms with Gasteiger partial charge in [0, 0.05) is 10.5 Å². The zero-order valence-electron chi connectivity index (χ0n) is 10.5. The van der Waals surface area contributed by atoms with E-state index in [1.165, 1.54) is 0 Å². The molecule has 0 spiro atoms. The van der Waals surface area contributed by atoms with Gasteiger partial charge in [0.05, 0.1) is 0 Å². The standard InChI is InChI=1S/C13H18BrNO2S/c1-9(7-8-18-2)15-13(17)12(16)10-3-5-11(14)6-4-10/h3-6,9,12,16H,7-8H2,1-2H3,(H,15,17)/t9-,12-/m0/s1. The number of hydrogen-bond acceptors (Lipinski definition) is 3. The summed E-state index contributed by atoms with van der Waals surface area (Å²) >= 11 is 5.06. The molecule has 0 aromatic heterocycles. The summed E-state index contributed by atoms with van der Waals surface area (Å²) < 4.78 is 0.923. The van der Waals surface area contributed by atoms with Crippen LogP contribution in [0.4, 0.5) is 0 Å². The molecule has 1 aromatic rings. The highest BCUT2D eigenvalue weighted by atomic mass is 79.9. The Morgan fingerprint density at radius 3 is 2.61 bits per heavy atom. The number of nitrogens with one attached hydrogen (secondary N) is 1. The maximum Gasteiger partial charge on any atom is 0.253 e. The molecule has 3 nitrogen and oxygen atoms in total. The first-order valence-corrected chi connectivity index (χ1v) is 7.96. The number of aliphatic hydroxyl groups is 1. The van der Waals surface area contributed by atoms with Gasteiger partial charge in [0.25, 0.3) is 5.91 Å². The van der Waals surface area contributed by atoms with Crippen LogP contribution >= 0.6 is 27.7 Å². The second-order valence-corrected chi connectivity index (χ2v) is 6.05. The number of carbonyl (C=O) groups excluding carboxylic acids is 1. The van der Waals surface area contributed by atoms with E-state index in [0.717, 1.165) is 16.6 Å². The molecule has 18 heavy (non-hydrogen) atoms. The van der Waals surface area contributed by atoms with E-state index in [9.17, 15) is 9.90 Å². The molecule has 0 aliphatic rings. The number of aliphatic hydroxyl groups excluding tert-OH is 1. The van der Waals surface area contributed by atoms with Crippen LogP contribution in [0.2, 0.25) is 0 Å². The van der Waals surface area contributed by atoms with E-state index in [0.29, 0.717) is 5.56 Å². The lowest BCUT2D eigenvalue weighted by atomic mass is 10.1. The summed E-state index contributed by atoms with van der Waals surface area (Å²) in [6.45, 7) is 1.95. The molecule has 0 saturated heterocycles. The van der Waals surface area contributed by atoms with Crippen molar-refractivity contribution in [2.75, 3.05) is 12.0 Å². The van der Waals surface area contributed by atoms with E-state index < -0.39 is 6.10 Å². The van der Waals surface area contributed by atoms with Gasteiger partial charge >= 0.3 is 0 Å². The van der Waals surface area contributed by atoms with Gasteiger partial charge in [-0.2, -0.15) is 11.8 Å². The first-order chi connectivity index (χ1) is 8.54. The molecule has 0 unspecified atom stereocenters. The Morgan fingerprint density at radius 1 is 1.44 bits per heavy atom. The minimum absolute atomic E-state index is 0.0787. The molecule has 0 heterocycles. The first kappa shape index (κ1) is 15.5. The van der Waals surface area contributed by atoms with Crippen molar-refractivity contribution < 1.29 is 9.90 Å². The van der Waals surface area contributed by atoms with Crippen LogP contribution in [-0.2, 0) is 4.79 Å². The molecule has 1 amide bonds. The minimum atomic E-state index is -1.10. The van der Waals surface area contributed by atoms with E-state index in [4.69, 9.17) is 0 Å². The van der Waals surface area contributed by atoms with Gasteiger partial charge in [-0.3, -0.25) is 4.79 Å². The fourth-order valence-corrected chi connectivity index (χ4v) is 2.34. The molecule has 0 bridgehead atoms. The molecule has 0 aliphatic heterocycles. The minimum Gasteiger partial charge on any atom is -0.378 e. The number of benzene rings is 1. The molecule has 1 aromatic carbocycles. The van der Waals surface area contributed by atoms with Crippen LogP contribution in [-0.4, -0.2) is 29.1 Å². The summed E-state index contributed by atoms with van der Waals surface area (Å²) in [6, 6.07) is 7.17. The second-order valence-electron chi connectivity index (χ2n) is 4.15. The van der Waals surface area contributed by atoms with Crippen molar-refractivity contribution in [3.05, 3.63) is 34.3 Å². The van der Waals surface area contributed by atoms with Crippen molar-refractivity contribution in [2.45, 2.75) is 25.5 Å². The Kier molecular flexibility index (Phi) is 6.75. The molecule has 0 fully saturated rings. The van der Waals surface area contributed by atoms with Gasteiger partial charge in [0.2, 0.25) is 0 Å². The summed E-state index contributed by atoms with van der Waals surface area (Å²) in [5, 5.41) is 12.7. The second kappa shape index (κ2) is 7.81. The van der Waals surface area contributed by atoms with Crippen molar-refractivity contribution in [2.24, 2.45) is 0 Å². The third-order valence-corrected chi connectivity index (χ3v) is 3.75. The van der Waals surface area contributed by atoms with Gasteiger partial charge in [-0.15, -0.1) is 0 Å². The number of halogens is 1. The molecular formula is C13H18BrNO2S. The number of amides is 1. The maximum absolute atomic E-state index is 11.8. The topological polar surface area (TPSA) is 49.3 Å². The van der Waals surface area contributed by atoms with Crippen molar-refractivity contribution in [3.63, 3.8) is 0 Å². The molecular weight excluding hydrogens is 314 g/mol. The smallest absolute Gasteiger partial charge is 0.253 e. The van der Waals surface area contributed by atoms with Gasteiger partial charge in [0.15, 0.2) is 6.10 Å². The summed E-state index contributed by atoms with van der Waals surface area (Å²) in [7, 11) is 0. The zero-order chi connectivity index (χ0) is 13.5. The van der Waals surface area contributed by atoms with E-state index in [2.05, 4.69) is 21.2 Å². The zero-order valence-corrected chi connectivity index (χ0v) is 12.9. The van der Waals surface area contributed by atoms with Gasteiger partial charge in [-0.1, -0.05) is 28.1 Å². The SMILES string of the molecule is CSCC[C@H](C)NC(=O)[C@@H](O)c1ccc(Br)cc1. The van der Waals surface area contributed by atoms with E-state index in [-0.39, 0.29) is 11.9 Å². The Labute approximate surface area is 120 Å². The van der Waals surface area contributed by atoms with E-state index in [1.807, 2.05) is 25.3 Å². The van der Waals surface area contributed by atoms with Crippen LogP contribution in [0.25, 0.3) is 0 Å². The first-order valence-electron chi connectivity index (χ1n) is 5.77. The monoisotopic (exact) mass is 331 g/mol. The molecule has 2 atom stereocenters. The predicted octanol–water partition coefficient (Wildman–Crippen LogP) is 2.74. The molecule has 0 saturated carbocycles. The lowest BCUT2D eigenvalue weighted by molar-refractivity contribution is -0.130. The van der Waals surface area contributed by atoms with Crippen LogP contribution < -0.4 is 5.32 Å². The van der Waals surface area contributed by atoms with Crippen LogP contribution in [0, 0.1) is 0 Å². The maximum atomic E-state index is 11.8. The highest BCUT2D eigenvalue weighted by Crippen LogP contribution is 2.17. The van der Waals surface area contributed by atoms with E-state index in [1.54, 1.807) is 23.9 Å². The quantitative estimate of drug-likeness (QED) is 0.842. The Bertz CT molecular complexity index is 383. The summed E-state index contributed by atoms with van der Waals surface area (Å²) in [4.78, 5) is 11.8. The third kappa shape index (κ3) is 5.00. The van der Waals surface area contributed by atoms with Crippen molar-refractivity contribution >= 4 is 33.6 Å². The molecule has 2 N–H and O–H groups in total. The molecule has 0 aliphatic carbocycles. The Hall–Kier alpha value is -0.520. The Morgan fingerprint density at radius 2 is 2.06 bits per heavy atom. The average Bonchev–Trinajstić information content (AvgIpc) is 2.36. The largest absolute Gasteiger partial charge is 0.378 e. The van der Waals surface area contributed by atoms with Crippen molar-refractivity contribution in [3.8, 4) is 0 Å². The van der Waals surface area contributed by atoms with Crippen LogP contribution in [0.1, 0.15) is 25.0 Å². The van der Waals surface area contributed by atoms with Crippen molar-refractivity contribution in [1.29, 1.82) is 0 Å². The van der Waals surface area contributed by atoms with Gasteiger partial charge in [-0.05, 0) is 43.0 Å². The summed E-state index contributed by atoms with van der Waals surface area (Å²) in [5.74, 6) is 0.654. The Balaban J connectivity index is 2.53. The van der Waals surface area contributed by atoms with E-state index >= 15 is 0 Å². The highest BCUT2D eigenvalue weighted by Gasteiger charge is 2.18. The summed E-state index contributed by atoms with van der Waals surface area (Å²) in [5.41, 5.74) is 0.604. The number of rotatable bonds is 6. The van der Waals surface area contributed by atoms with Gasteiger partial charge in [-0.25, -0.2) is 0 Å². The lowest BCUT2D eigenvalue weighted by Gasteiger charge is -2.16. The highest BCUT2D eigenvalue weighted by molar-refractivity contribution is 9.10. The molecule has 100 valence electrons. The average molecular weight is 332 g/mol. The van der Waals surface area contributed by atoms with Gasteiger partial charge in [0.1, 0.15) is 0 Å². The molecule has 0 radical (unpaired) electrons. The fourth-order valence-electron chi connectivity index (χ4n) is 1.49. The summed E-state index contributed by atoms with van der Waals surface area (Å²) in [6.07, 6.45) is 1.83.